The predicted octanol–water partition coefficient (Wildman–Crippen LogP) is 0.429. The number of carbonyl (C=O) groups is 2. The smallest absolute Gasteiger partial charge is 0.239 e. The van der Waals surface area contributed by atoms with E-state index in [1.54, 1.807) is 0 Å². The molecule has 1 rings (SSSR count). The van der Waals surface area contributed by atoms with Crippen molar-refractivity contribution in [2.24, 2.45) is 5.92 Å². The Bertz CT molecular complexity index is 212. The van der Waals surface area contributed by atoms with Crippen LogP contribution in [0.3, 0.4) is 0 Å². The first-order valence-electron chi connectivity index (χ1n) is 5.28. The SMILES string of the molecule is CCCCNC(=O)CNC(=O)C1CC1. The van der Waals surface area contributed by atoms with Gasteiger partial charge in [-0.15, -0.1) is 0 Å². The molecule has 1 saturated carbocycles. The molecule has 0 unspecified atom stereocenters. The van der Waals surface area contributed by atoms with Crippen LogP contribution in [0, 0.1) is 5.92 Å². The molecular formula is C10H18N2O2. The van der Waals surface area contributed by atoms with Gasteiger partial charge in [-0.25, -0.2) is 0 Å². The van der Waals surface area contributed by atoms with Gasteiger partial charge in [-0.1, -0.05) is 13.3 Å². The molecule has 1 aliphatic carbocycles. The molecule has 0 bridgehead atoms. The van der Waals surface area contributed by atoms with E-state index in [9.17, 15) is 9.59 Å². The number of hydrogen-bond acceptors (Lipinski definition) is 2. The van der Waals surface area contributed by atoms with E-state index >= 15 is 0 Å². The van der Waals surface area contributed by atoms with Gasteiger partial charge in [-0.3, -0.25) is 9.59 Å². The Morgan fingerprint density at radius 1 is 1.29 bits per heavy atom. The van der Waals surface area contributed by atoms with E-state index in [-0.39, 0.29) is 24.3 Å². The van der Waals surface area contributed by atoms with Crippen LogP contribution < -0.4 is 10.6 Å². The Hall–Kier alpha value is -1.06. The number of carbonyl (C=O) groups excluding carboxylic acids is 2. The highest BCUT2D eigenvalue weighted by molar-refractivity contribution is 5.86. The molecule has 4 nitrogen and oxygen atoms in total. The Balaban J connectivity index is 1.99. The third-order valence-electron chi connectivity index (χ3n) is 2.22. The molecule has 2 N–H and O–H groups in total. The number of nitrogens with one attached hydrogen (secondary N) is 2. The second-order valence-corrected chi connectivity index (χ2v) is 3.70. The summed E-state index contributed by atoms with van der Waals surface area (Å²) in [4.78, 5) is 22.3. The molecule has 0 heterocycles. The fourth-order valence-electron chi connectivity index (χ4n) is 1.12. The fourth-order valence-corrected chi connectivity index (χ4v) is 1.12. The zero-order chi connectivity index (χ0) is 10.4. The van der Waals surface area contributed by atoms with Crippen molar-refractivity contribution < 1.29 is 9.59 Å². The minimum Gasteiger partial charge on any atom is -0.355 e. The van der Waals surface area contributed by atoms with E-state index in [1.165, 1.54) is 0 Å². The lowest BCUT2D eigenvalue weighted by Gasteiger charge is -2.05. The number of rotatable bonds is 6. The van der Waals surface area contributed by atoms with E-state index in [2.05, 4.69) is 17.6 Å². The van der Waals surface area contributed by atoms with E-state index in [4.69, 9.17) is 0 Å². The average molecular weight is 198 g/mol. The largest absolute Gasteiger partial charge is 0.355 e. The fraction of sp³-hybridized carbons (Fsp3) is 0.800. The maximum absolute atomic E-state index is 11.1. The molecule has 0 saturated heterocycles. The summed E-state index contributed by atoms with van der Waals surface area (Å²) >= 11 is 0. The molecule has 0 radical (unpaired) electrons. The van der Waals surface area contributed by atoms with Gasteiger partial charge in [0.05, 0.1) is 6.54 Å². The van der Waals surface area contributed by atoms with Gasteiger partial charge in [-0.05, 0) is 19.3 Å². The van der Waals surface area contributed by atoms with Crippen LogP contribution in [0.4, 0.5) is 0 Å². The molecule has 0 atom stereocenters. The first-order valence-corrected chi connectivity index (χ1v) is 5.28. The van der Waals surface area contributed by atoms with Crippen LogP contribution in [0.15, 0.2) is 0 Å². The molecular weight excluding hydrogens is 180 g/mol. The lowest BCUT2D eigenvalue weighted by Crippen LogP contribution is -2.37. The molecule has 0 aliphatic heterocycles. The van der Waals surface area contributed by atoms with Crippen molar-refractivity contribution in [1.82, 2.24) is 10.6 Å². The van der Waals surface area contributed by atoms with Gasteiger partial charge in [-0.2, -0.15) is 0 Å². The molecule has 14 heavy (non-hydrogen) atoms. The minimum atomic E-state index is -0.0903. The second kappa shape index (κ2) is 5.62. The summed E-state index contributed by atoms with van der Waals surface area (Å²) in [6.45, 7) is 2.90. The highest BCUT2D eigenvalue weighted by Crippen LogP contribution is 2.28. The molecule has 0 aromatic carbocycles. The van der Waals surface area contributed by atoms with E-state index in [1.807, 2.05) is 0 Å². The van der Waals surface area contributed by atoms with E-state index in [0.717, 1.165) is 25.7 Å². The Morgan fingerprint density at radius 2 is 2.00 bits per heavy atom. The first-order chi connectivity index (χ1) is 6.74. The molecule has 4 heteroatoms. The van der Waals surface area contributed by atoms with Crippen LogP contribution in [0.25, 0.3) is 0 Å². The summed E-state index contributed by atoms with van der Waals surface area (Å²) in [5.74, 6) is 0.113. The zero-order valence-corrected chi connectivity index (χ0v) is 8.64. The van der Waals surface area contributed by atoms with Crippen LogP contribution >= 0.6 is 0 Å². The summed E-state index contributed by atoms with van der Waals surface area (Å²) in [7, 11) is 0. The van der Waals surface area contributed by atoms with Crippen molar-refractivity contribution in [3.8, 4) is 0 Å². The monoisotopic (exact) mass is 198 g/mol. The third kappa shape index (κ3) is 4.25. The van der Waals surface area contributed by atoms with Gasteiger partial charge in [0.1, 0.15) is 0 Å². The molecule has 1 aliphatic rings. The lowest BCUT2D eigenvalue weighted by molar-refractivity contribution is -0.126. The number of hydrogen-bond donors (Lipinski definition) is 2. The Morgan fingerprint density at radius 3 is 2.57 bits per heavy atom. The van der Waals surface area contributed by atoms with Crippen LogP contribution in [-0.2, 0) is 9.59 Å². The molecule has 2 amide bonds. The van der Waals surface area contributed by atoms with Crippen molar-refractivity contribution >= 4 is 11.8 Å². The maximum atomic E-state index is 11.1. The van der Waals surface area contributed by atoms with Gasteiger partial charge in [0.15, 0.2) is 0 Å². The molecule has 80 valence electrons. The summed E-state index contributed by atoms with van der Waals surface area (Å²) in [6.07, 6.45) is 4.00. The lowest BCUT2D eigenvalue weighted by atomic mass is 10.3. The Labute approximate surface area is 84.4 Å². The van der Waals surface area contributed by atoms with E-state index < -0.39 is 0 Å². The highest BCUT2D eigenvalue weighted by atomic mass is 16.2. The van der Waals surface area contributed by atoms with Crippen molar-refractivity contribution in [2.45, 2.75) is 32.6 Å². The standard InChI is InChI=1S/C10H18N2O2/c1-2-3-6-11-9(13)7-12-10(14)8-4-5-8/h8H,2-7H2,1H3,(H,11,13)(H,12,14). The topological polar surface area (TPSA) is 58.2 Å². The van der Waals surface area contributed by atoms with E-state index in [0.29, 0.717) is 6.54 Å². The molecule has 0 aromatic heterocycles. The minimum absolute atomic E-state index is 0.0237. The molecule has 0 aromatic rings. The summed E-state index contributed by atoms with van der Waals surface area (Å²) < 4.78 is 0. The average Bonchev–Trinajstić information content (AvgIpc) is 2.98. The van der Waals surface area contributed by atoms with Crippen LogP contribution in [0.2, 0.25) is 0 Å². The van der Waals surface area contributed by atoms with Crippen LogP contribution in [0.5, 0.6) is 0 Å². The van der Waals surface area contributed by atoms with Crippen LogP contribution in [0.1, 0.15) is 32.6 Å². The molecule has 0 spiro atoms. The van der Waals surface area contributed by atoms with Gasteiger partial charge < -0.3 is 10.6 Å². The van der Waals surface area contributed by atoms with Crippen molar-refractivity contribution in [3.05, 3.63) is 0 Å². The third-order valence-corrected chi connectivity index (χ3v) is 2.22. The Kier molecular flexibility index (Phi) is 4.43. The predicted molar refractivity (Wildman–Crippen MR) is 53.7 cm³/mol. The summed E-state index contributed by atoms with van der Waals surface area (Å²) in [5.41, 5.74) is 0. The van der Waals surface area contributed by atoms with Crippen LogP contribution in [-0.4, -0.2) is 24.9 Å². The van der Waals surface area contributed by atoms with Crippen molar-refractivity contribution in [3.63, 3.8) is 0 Å². The van der Waals surface area contributed by atoms with Crippen molar-refractivity contribution in [1.29, 1.82) is 0 Å². The first kappa shape index (κ1) is 11.0. The maximum Gasteiger partial charge on any atom is 0.239 e. The van der Waals surface area contributed by atoms with Gasteiger partial charge in [0.2, 0.25) is 11.8 Å². The van der Waals surface area contributed by atoms with Gasteiger partial charge in [0.25, 0.3) is 0 Å². The number of unbranched alkanes of at least 4 members (excludes halogenated alkanes) is 1. The van der Waals surface area contributed by atoms with Gasteiger partial charge in [0, 0.05) is 12.5 Å². The normalized spacial score (nSPS) is 14.9. The van der Waals surface area contributed by atoms with Crippen molar-refractivity contribution in [2.75, 3.05) is 13.1 Å². The summed E-state index contributed by atoms with van der Waals surface area (Å²) in [5, 5.41) is 5.36. The zero-order valence-electron chi connectivity index (χ0n) is 8.64. The second-order valence-electron chi connectivity index (χ2n) is 3.70. The quantitative estimate of drug-likeness (QED) is 0.608. The number of amides is 2. The molecule has 1 fully saturated rings. The summed E-state index contributed by atoms with van der Waals surface area (Å²) in [6, 6.07) is 0. The highest BCUT2D eigenvalue weighted by Gasteiger charge is 2.29. The van der Waals surface area contributed by atoms with Gasteiger partial charge >= 0.3 is 0 Å².